The molecular weight excluding hydrogens is 206 g/mol. The SMILES string of the molecule is O=C1OCC2(CO)c3ccccc3CCN12. The Morgan fingerprint density at radius 1 is 1.44 bits per heavy atom. The van der Waals surface area contributed by atoms with E-state index in [2.05, 4.69) is 0 Å². The third-order valence-corrected chi connectivity index (χ3v) is 3.56. The smallest absolute Gasteiger partial charge is 0.410 e. The average Bonchev–Trinajstić information content (AvgIpc) is 2.68. The summed E-state index contributed by atoms with van der Waals surface area (Å²) in [6.45, 7) is 0.783. The Bertz CT molecular complexity index is 446. The molecule has 1 unspecified atom stereocenters. The molecule has 2 heterocycles. The van der Waals surface area contributed by atoms with Gasteiger partial charge in [0, 0.05) is 6.54 Å². The molecule has 4 nitrogen and oxygen atoms in total. The molecule has 84 valence electrons. The fourth-order valence-corrected chi connectivity index (χ4v) is 2.68. The van der Waals surface area contributed by atoms with E-state index >= 15 is 0 Å². The molecule has 1 aromatic carbocycles. The topological polar surface area (TPSA) is 49.8 Å². The van der Waals surface area contributed by atoms with Gasteiger partial charge in [-0.15, -0.1) is 0 Å². The van der Waals surface area contributed by atoms with Gasteiger partial charge in [-0.25, -0.2) is 4.79 Å². The summed E-state index contributed by atoms with van der Waals surface area (Å²) in [6.07, 6.45) is 0.510. The van der Waals surface area contributed by atoms with Crippen LogP contribution in [-0.2, 0) is 16.7 Å². The molecule has 16 heavy (non-hydrogen) atoms. The third-order valence-electron chi connectivity index (χ3n) is 3.56. The van der Waals surface area contributed by atoms with Crippen molar-refractivity contribution in [2.45, 2.75) is 12.0 Å². The molecule has 0 saturated carbocycles. The molecule has 0 aliphatic carbocycles. The molecule has 0 aromatic heterocycles. The fourth-order valence-electron chi connectivity index (χ4n) is 2.68. The van der Waals surface area contributed by atoms with Crippen molar-refractivity contribution >= 4 is 6.09 Å². The second-order valence-electron chi connectivity index (χ2n) is 4.30. The molecule has 2 aliphatic heterocycles. The zero-order chi connectivity index (χ0) is 11.2. The lowest BCUT2D eigenvalue weighted by atomic mass is 9.82. The largest absolute Gasteiger partial charge is 0.446 e. The fraction of sp³-hybridized carbons (Fsp3) is 0.417. The van der Waals surface area contributed by atoms with E-state index in [0.717, 1.165) is 12.0 Å². The van der Waals surface area contributed by atoms with Crippen molar-refractivity contribution in [2.75, 3.05) is 19.8 Å². The molecule has 1 saturated heterocycles. The first-order chi connectivity index (χ1) is 7.78. The second kappa shape index (κ2) is 3.22. The molecule has 0 spiro atoms. The van der Waals surface area contributed by atoms with Crippen LogP contribution >= 0.6 is 0 Å². The predicted molar refractivity (Wildman–Crippen MR) is 57.0 cm³/mol. The number of hydrogen-bond donors (Lipinski definition) is 1. The number of nitrogens with zero attached hydrogens (tertiary/aromatic N) is 1. The summed E-state index contributed by atoms with van der Waals surface area (Å²) in [5.41, 5.74) is 1.58. The van der Waals surface area contributed by atoms with Crippen LogP contribution in [0.3, 0.4) is 0 Å². The van der Waals surface area contributed by atoms with Crippen LogP contribution in [0, 0.1) is 0 Å². The molecule has 2 aliphatic rings. The number of amides is 1. The quantitative estimate of drug-likeness (QED) is 0.763. The lowest BCUT2D eigenvalue weighted by molar-refractivity contribution is 0.0754. The molecule has 0 radical (unpaired) electrons. The molecule has 1 amide bonds. The minimum Gasteiger partial charge on any atom is -0.446 e. The summed E-state index contributed by atoms with van der Waals surface area (Å²) in [5.74, 6) is 0. The van der Waals surface area contributed by atoms with Crippen molar-refractivity contribution in [2.24, 2.45) is 0 Å². The lowest BCUT2D eigenvalue weighted by Crippen LogP contribution is -2.51. The monoisotopic (exact) mass is 219 g/mol. The van der Waals surface area contributed by atoms with Crippen LogP contribution in [0.1, 0.15) is 11.1 Å². The summed E-state index contributed by atoms with van der Waals surface area (Å²) in [6, 6.07) is 7.94. The standard InChI is InChI=1S/C12H13NO3/c14-7-12-8-16-11(15)13(12)6-5-9-3-1-2-4-10(9)12/h1-4,14H,5-8H2. The van der Waals surface area contributed by atoms with E-state index in [1.54, 1.807) is 4.90 Å². The average molecular weight is 219 g/mol. The Morgan fingerprint density at radius 3 is 3.06 bits per heavy atom. The summed E-state index contributed by atoms with van der Waals surface area (Å²) in [4.78, 5) is 13.2. The van der Waals surface area contributed by atoms with E-state index in [-0.39, 0.29) is 19.3 Å². The summed E-state index contributed by atoms with van der Waals surface area (Å²) in [7, 11) is 0. The van der Waals surface area contributed by atoms with Gasteiger partial charge in [-0.1, -0.05) is 24.3 Å². The van der Waals surface area contributed by atoms with E-state index in [4.69, 9.17) is 4.74 Å². The summed E-state index contributed by atoms with van der Waals surface area (Å²) in [5, 5.41) is 9.64. The van der Waals surface area contributed by atoms with Crippen LogP contribution in [0.5, 0.6) is 0 Å². The molecule has 1 atom stereocenters. The highest BCUT2D eigenvalue weighted by molar-refractivity contribution is 5.72. The van der Waals surface area contributed by atoms with E-state index in [1.165, 1.54) is 5.56 Å². The second-order valence-corrected chi connectivity index (χ2v) is 4.30. The van der Waals surface area contributed by atoms with E-state index in [9.17, 15) is 9.90 Å². The highest BCUT2D eigenvalue weighted by Gasteiger charge is 2.51. The van der Waals surface area contributed by atoms with Gasteiger partial charge < -0.3 is 9.84 Å². The maximum Gasteiger partial charge on any atom is 0.410 e. The van der Waals surface area contributed by atoms with Crippen molar-refractivity contribution in [3.05, 3.63) is 35.4 Å². The van der Waals surface area contributed by atoms with Crippen LogP contribution in [-0.4, -0.2) is 35.9 Å². The van der Waals surface area contributed by atoms with E-state index in [0.29, 0.717) is 6.54 Å². The molecule has 1 aromatic rings. The van der Waals surface area contributed by atoms with Crippen LogP contribution in [0.2, 0.25) is 0 Å². The Hall–Kier alpha value is -1.55. The number of benzene rings is 1. The first kappa shape index (κ1) is 9.66. The number of aliphatic hydroxyl groups excluding tert-OH is 1. The van der Waals surface area contributed by atoms with E-state index < -0.39 is 5.54 Å². The normalized spacial score (nSPS) is 27.3. The Balaban J connectivity index is 2.17. The highest BCUT2D eigenvalue weighted by atomic mass is 16.6. The van der Waals surface area contributed by atoms with Crippen LogP contribution in [0.4, 0.5) is 4.79 Å². The van der Waals surface area contributed by atoms with Crippen molar-refractivity contribution in [1.82, 2.24) is 4.90 Å². The highest BCUT2D eigenvalue weighted by Crippen LogP contribution is 2.39. The Kier molecular flexibility index (Phi) is 1.94. The van der Waals surface area contributed by atoms with Crippen LogP contribution in [0.25, 0.3) is 0 Å². The van der Waals surface area contributed by atoms with Gasteiger partial charge in [0.05, 0.1) is 6.61 Å². The molecular formula is C12H13NO3. The van der Waals surface area contributed by atoms with Crippen LogP contribution < -0.4 is 0 Å². The van der Waals surface area contributed by atoms with Gasteiger partial charge >= 0.3 is 6.09 Å². The third kappa shape index (κ3) is 1.05. The number of cyclic esters (lactones) is 1. The van der Waals surface area contributed by atoms with E-state index in [1.807, 2.05) is 24.3 Å². The number of carbonyl (C=O) groups excluding carboxylic acids is 1. The Labute approximate surface area is 93.4 Å². The van der Waals surface area contributed by atoms with Crippen molar-refractivity contribution in [3.8, 4) is 0 Å². The minimum absolute atomic E-state index is 0.0875. The zero-order valence-electron chi connectivity index (χ0n) is 8.85. The summed E-state index contributed by atoms with van der Waals surface area (Å²) < 4.78 is 5.08. The maximum atomic E-state index is 11.6. The van der Waals surface area contributed by atoms with Gasteiger partial charge in [-0.3, -0.25) is 4.90 Å². The number of hydrogen-bond acceptors (Lipinski definition) is 3. The molecule has 1 N–H and O–H groups in total. The van der Waals surface area contributed by atoms with Gasteiger partial charge in [-0.2, -0.15) is 0 Å². The number of ether oxygens (including phenoxy) is 1. The number of rotatable bonds is 1. The van der Waals surface area contributed by atoms with Gasteiger partial charge in [0.15, 0.2) is 0 Å². The number of fused-ring (bicyclic) bond motifs is 3. The summed E-state index contributed by atoms with van der Waals surface area (Å²) >= 11 is 0. The van der Waals surface area contributed by atoms with Gasteiger partial charge in [0.25, 0.3) is 0 Å². The minimum atomic E-state index is -0.647. The first-order valence-corrected chi connectivity index (χ1v) is 5.41. The molecule has 3 rings (SSSR count). The number of carbonyl (C=O) groups is 1. The Morgan fingerprint density at radius 2 is 2.25 bits per heavy atom. The van der Waals surface area contributed by atoms with Gasteiger partial charge in [0.2, 0.25) is 0 Å². The maximum absolute atomic E-state index is 11.6. The predicted octanol–water partition coefficient (Wildman–Crippen LogP) is 0.883. The van der Waals surface area contributed by atoms with Gasteiger partial charge in [0.1, 0.15) is 12.1 Å². The first-order valence-electron chi connectivity index (χ1n) is 5.41. The zero-order valence-corrected chi connectivity index (χ0v) is 8.85. The van der Waals surface area contributed by atoms with Crippen molar-refractivity contribution in [3.63, 3.8) is 0 Å². The number of aliphatic hydroxyl groups is 1. The molecule has 4 heteroatoms. The molecule has 1 fully saturated rings. The van der Waals surface area contributed by atoms with Crippen molar-refractivity contribution in [1.29, 1.82) is 0 Å². The lowest BCUT2D eigenvalue weighted by Gasteiger charge is -2.39. The van der Waals surface area contributed by atoms with Crippen molar-refractivity contribution < 1.29 is 14.6 Å². The van der Waals surface area contributed by atoms with Gasteiger partial charge in [-0.05, 0) is 17.5 Å². The van der Waals surface area contributed by atoms with Crippen LogP contribution in [0.15, 0.2) is 24.3 Å². The molecule has 0 bridgehead atoms.